The standard InChI is InChI=1S/C14H15ClFN3O3/c1-21-5-4-14-18-12(19-22-14)8-17-13(20)6-9-2-3-10(16)7-11(9)15/h2-3,7H,4-6,8H2,1H3,(H,17,20). The van der Waals surface area contributed by atoms with E-state index in [4.69, 9.17) is 20.9 Å². The van der Waals surface area contributed by atoms with Gasteiger partial charge in [-0.3, -0.25) is 4.79 Å². The van der Waals surface area contributed by atoms with Gasteiger partial charge in [0.2, 0.25) is 11.8 Å². The lowest BCUT2D eigenvalue weighted by Crippen LogP contribution is -2.25. The van der Waals surface area contributed by atoms with Crippen molar-refractivity contribution in [3.63, 3.8) is 0 Å². The predicted molar refractivity (Wildman–Crippen MR) is 76.8 cm³/mol. The summed E-state index contributed by atoms with van der Waals surface area (Å²) in [4.78, 5) is 15.9. The van der Waals surface area contributed by atoms with Gasteiger partial charge in [-0.15, -0.1) is 0 Å². The van der Waals surface area contributed by atoms with Crippen molar-refractivity contribution in [1.82, 2.24) is 15.5 Å². The summed E-state index contributed by atoms with van der Waals surface area (Å²) < 4.78 is 22.8. The van der Waals surface area contributed by atoms with Crippen LogP contribution < -0.4 is 5.32 Å². The monoisotopic (exact) mass is 327 g/mol. The number of nitrogens with zero attached hydrogens (tertiary/aromatic N) is 2. The number of ether oxygens (including phenoxy) is 1. The average Bonchev–Trinajstić information content (AvgIpc) is 2.94. The first-order valence-electron chi connectivity index (χ1n) is 6.59. The molecule has 118 valence electrons. The zero-order valence-electron chi connectivity index (χ0n) is 11.9. The van der Waals surface area contributed by atoms with E-state index in [0.717, 1.165) is 0 Å². The molecule has 0 unspecified atom stereocenters. The third kappa shape index (κ3) is 4.78. The van der Waals surface area contributed by atoms with Gasteiger partial charge < -0.3 is 14.6 Å². The van der Waals surface area contributed by atoms with Crippen LogP contribution in [0, 0.1) is 5.82 Å². The van der Waals surface area contributed by atoms with Crippen LogP contribution in [0.3, 0.4) is 0 Å². The molecule has 6 nitrogen and oxygen atoms in total. The first-order valence-corrected chi connectivity index (χ1v) is 6.97. The zero-order chi connectivity index (χ0) is 15.9. The highest BCUT2D eigenvalue weighted by atomic mass is 35.5. The summed E-state index contributed by atoms with van der Waals surface area (Å²) in [5.41, 5.74) is 0.550. The van der Waals surface area contributed by atoms with Gasteiger partial charge in [0.1, 0.15) is 5.82 Å². The molecule has 0 aliphatic carbocycles. The Morgan fingerprint density at radius 2 is 2.32 bits per heavy atom. The Morgan fingerprint density at radius 3 is 3.05 bits per heavy atom. The van der Waals surface area contributed by atoms with Crippen LogP contribution >= 0.6 is 11.6 Å². The van der Waals surface area contributed by atoms with E-state index in [1.807, 2.05) is 0 Å². The van der Waals surface area contributed by atoms with E-state index in [-0.39, 0.29) is 23.9 Å². The molecule has 0 saturated carbocycles. The van der Waals surface area contributed by atoms with E-state index in [1.54, 1.807) is 7.11 Å². The Balaban J connectivity index is 1.83. The lowest BCUT2D eigenvalue weighted by molar-refractivity contribution is -0.120. The molecule has 0 aliphatic heterocycles. The van der Waals surface area contributed by atoms with Crippen LogP contribution in [0.4, 0.5) is 4.39 Å². The lowest BCUT2D eigenvalue weighted by atomic mass is 10.1. The maximum absolute atomic E-state index is 12.9. The van der Waals surface area contributed by atoms with Crippen LogP contribution in [0.5, 0.6) is 0 Å². The van der Waals surface area contributed by atoms with Gasteiger partial charge in [-0.25, -0.2) is 4.39 Å². The van der Waals surface area contributed by atoms with Gasteiger partial charge in [0.05, 0.1) is 26.0 Å². The molecular weight excluding hydrogens is 313 g/mol. The second kappa shape index (κ2) is 7.86. The Morgan fingerprint density at radius 1 is 1.50 bits per heavy atom. The third-order valence-electron chi connectivity index (χ3n) is 2.84. The SMILES string of the molecule is COCCc1nc(CNC(=O)Cc2ccc(F)cc2Cl)no1. The molecule has 1 heterocycles. The summed E-state index contributed by atoms with van der Waals surface area (Å²) in [5.74, 6) is 0.124. The number of benzene rings is 1. The first kappa shape index (κ1) is 16.4. The Labute approximate surface area is 131 Å². The van der Waals surface area contributed by atoms with Gasteiger partial charge in [-0.05, 0) is 17.7 Å². The molecule has 0 fully saturated rings. The molecule has 0 atom stereocenters. The number of carbonyl (C=O) groups excluding carboxylic acids is 1. The van der Waals surface area contributed by atoms with Crippen molar-refractivity contribution in [2.75, 3.05) is 13.7 Å². The lowest BCUT2D eigenvalue weighted by Gasteiger charge is -2.05. The Hall–Kier alpha value is -1.99. The molecule has 8 heteroatoms. The van der Waals surface area contributed by atoms with E-state index in [0.29, 0.717) is 30.3 Å². The molecule has 1 N–H and O–H groups in total. The van der Waals surface area contributed by atoms with Crippen LogP contribution in [-0.4, -0.2) is 29.8 Å². The minimum atomic E-state index is -0.440. The summed E-state index contributed by atoms with van der Waals surface area (Å²) in [6, 6.07) is 3.91. The maximum Gasteiger partial charge on any atom is 0.229 e. The predicted octanol–water partition coefficient (Wildman–Crippen LogP) is 1.91. The number of hydrogen-bond donors (Lipinski definition) is 1. The zero-order valence-corrected chi connectivity index (χ0v) is 12.7. The van der Waals surface area contributed by atoms with Crippen molar-refractivity contribution in [1.29, 1.82) is 0 Å². The summed E-state index contributed by atoms with van der Waals surface area (Å²) in [5, 5.41) is 6.62. The highest BCUT2D eigenvalue weighted by molar-refractivity contribution is 6.31. The van der Waals surface area contributed by atoms with Gasteiger partial charge in [0.15, 0.2) is 5.82 Å². The number of amides is 1. The number of carbonyl (C=O) groups is 1. The van der Waals surface area contributed by atoms with Gasteiger partial charge in [0, 0.05) is 12.1 Å². The topological polar surface area (TPSA) is 77.2 Å². The van der Waals surface area contributed by atoms with Crippen molar-refractivity contribution < 1.29 is 18.4 Å². The van der Waals surface area contributed by atoms with Crippen LogP contribution in [0.25, 0.3) is 0 Å². The number of halogens is 2. The highest BCUT2D eigenvalue weighted by Crippen LogP contribution is 2.17. The van der Waals surface area contributed by atoms with Crippen LogP contribution in [0.1, 0.15) is 17.3 Å². The molecule has 1 aromatic carbocycles. The minimum absolute atomic E-state index is 0.0491. The van der Waals surface area contributed by atoms with Crippen LogP contribution in [0.2, 0.25) is 5.02 Å². The van der Waals surface area contributed by atoms with E-state index >= 15 is 0 Å². The van der Waals surface area contributed by atoms with Crippen molar-refractivity contribution in [2.24, 2.45) is 0 Å². The number of nitrogens with one attached hydrogen (secondary N) is 1. The van der Waals surface area contributed by atoms with Crippen molar-refractivity contribution in [3.05, 3.63) is 46.3 Å². The fourth-order valence-corrected chi connectivity index (χ4v) is 1.97. The minimum Gasteiger partial charge on any atom is -0.384 e. The van der Waals surface area contributed by atoms with E-state index < -0.39 is 5.82 Å². The summed E-state index contributed by atoms with van der Waals surface area (Å²) in [7, 11) is 1.58. The number of hydrogen-bond acceptors (Lipinski definition) is 5. The van der Waals surface area contributed by atoms with Gasteiger partial charge in [-0.1, -0.05) is 22.8 Å². The van der Waals surface area contributed by atoms with E-state index in [1.165, 1.54) is 18.2 Å². The van der Waals surface area contributed by atoms with Gasteiger partial charge >= 0.3 is 0 Å². The first-order chi connectivity index (χ1) is 10.6. The van der Waals surface area contributed by atoms with E-state index in [9.17, 15) is 9.18 Å². The number of methoxy groups -OCH3 is 1. The maximum atomic E-state index is 12.9. The van der Waals surface area contributed by atoms with Gasteiger partial charge in [-0.2, -0.15) is 4.98 Å². The average molecular weight is 328 g/mol. The van der Waals surface area contributed by atoms with Crippen molar-refractivity contribution in [2.45, 2.75) is 19.4 Å². The molecule has 0 spiro atoms. The summed E-state index contributed by atoms with van der Waals surface area (Å²) in [6.45, 7) is 0.630. The molecular formula is C14H15ClFN3O3. The normalized spacial score (nSPS) is 10.7. The van der Waals surface area contributed by atoms with Crippen LogP contribution in [-0.2, 0) is 28.9 Å². The second-order valence-corrected chi connectivity index (χ2v) is 4.94. The molecule has 2 aromatic rings. The van der Waals surface area contributed by atoms with Gasteiger partial charge in [0.25, 0.3) is 0 Å². The fraction of sp³-hybridized carbons (Fsp3) is 0.357. The molecule has 1 aromatic heterocycles. The summed E-state index contributed by atoms with van der Waals surface area (Å²) in [6.07, 6.45) is 0.566. The van der Waals surface area contributed by atoms with Crippen LogP contribution in [0.15, 0.2) is 22.7 Å². The summed E-state index contributed by atoms with van der Waals surface area (Å²) >= 11 is 5.87. The number of aromatic nitrogens is 2. The molecule has 1 amide bonds. The number of rotatable bonds is 7. The Bertz CT molecular complexity index is 648. The second-order valence-electron chi connectivity index (χ2n) is 4.54. The van der Waals surface area contributed by atoms with Crippen molar-refractivity contribution in [3.8, 4) is 0 Å². The molecule has 0 radical (unpaired) electrons. The molecule has 2 rings (SSSR count). The largest absolute Gasteiger partial charge is 0.384 e. The highest BCUT2D eigenvalue weighted by Gasteiger charge is 2.10. The third-order valence-corrected chi connectivity index (χ3v) is 3.19. The fourth-order valence-electron chi connectivity index (χ4n) is 1.73. The van der Waals surface area contributed by atoms with E-state index in [2.05, 4.69) is 15.5 Å². The molecule has 22 heavy (non-hydrogen) atoms. The smallest absolute Gasteiger partial charge is 0.229 e. The molecule has 0 saturated heterocycles. The molecule has 0 aliphatic rings. The molecule has 0 bridgehead atoms. The Kier molecular flexibility index (Phi) is 5.85. The van der Waals surface area contributed by atoms with Crippen molar-refractivity contribution >= 4 is 17.5 Å². The quantitative estimate of drug-likeness (QED) is 0.840.